The molecule has 0 spiro atoms. The lowest BCUT2D eigenvalue weighted by Gasteiger charge is -2.31. The van der Waals surface area contributed by atoms with Crippen molar-refractivity contribution in [1.29, 1.82) is 0 Å². The number of aromatic nitrogens is 2. The molecular weight excluding hydrogens is 242 g/mol. The van der Waals surface area contributed by atoms with Crippen molar-refractivity contribution in [3.63, 3.8) is 0 Å². The van der Waals surface area contributed by atoms with Crippen LogP contribution in [0.3, 0.4) is 0 Å². The first-order valence-corrected chi connectivity index (χ1v) is 7.23. The van der Waals surface area contributed by atoms with Gasteiger partial charge in [-0.05, 0) is 37.5 Å². The van der Waals surface area contributed by atoms with E-state index in [1.54, 1.807) is 0 Å². The van der Waals surface area contributed by atoms with E-state index in [4.69, 9.17) is 4.52 Å². The van der Waals surface area contributed by atoms with Gasteiger partial charge in [0.25, 0.3) is 5.95 Å². The van der Waals surface area contributed by atoms with Crippen LogP contribution in [0.2, 0.25) is 0 Å². The number of anilines is 1. The molecule has 1 N–H and O–H groups in total. The van der Waals surface area contributed by atoms with Crippen LogP contribution in [0.1, 0.15) is 31.7 Å². The molecule has 2 fully saturated rings. The number of rotatable bonds is 2. The average Bonchev–Trinajstić information content (AvgIpc) is 2.89. The molecule has 3 heterocycles. The molecule has 2 unspecified atom stereocenters. The van der Waals surface area contributed by atoms with E-state index in [-0.39, 0.29) is 6.04 Å². The molecule has 2 atom stereocenters. The first kappa shape index (κ1) is 12.9. The smallest absolute Gasteiger partial charge is 0.266 e. The molecule has 0 amide bonds. The summed E-state index contributed by atoms with van der Waals surface area (Å²) in [5.41, 5.74) is 0. The Hall–Kier alpha value is -1.14. The van der Waals surface area contributed by atoms with Crippen LogP contribution in [0.4, 0.5) is 5.95 Å². The highest BCUT2D eigenvalue weighted by Gasteiger charge is 2.26. The zero-order valence-corrected chi connectivity index (χ0v) is 11.8. The van der Waals surface area contributed by atoms with E-state index in [2.05, 4.69) is 39.2 Å². The maximum atomic E-state index is 5.45. The molecule has 0 bridgehead atoms. The van der Waals surface area contributed by atoms with E-state index < -0.39 is 0 Å². The number of nitrogens with one attached hydrogen (secondary N) is 1. The van der Waals surface area contributed by atoms with Gasteiger partial charge in [-0.15, -0.1) is 0 Å². The van der Waals surface area contributed by atoms with Gasteiger partial charge < -0.3 is 19.6 Å². The largest absolute Gasteiger partial charge is 0.336 e. The van der Waals surface area contributed by atoms with E-state index >= 15 is 0 Å². The van der Waals surface area contributed by atoms with E-state index in [9.17, 15) is 0 Å². The Morgan fingerprint density at radius 1 is 1.26 bits per heavy atom. The number of nitrogens with zero attached hydrogens (tertiary/aromatic N) is 4. The van der Waals surface area contributed by atoms with E-state index in [0.717, 1.165) is 56.9 Å². The molecule has 0 saturated carbocycles. The van der Waals surface area contributed by atoms with Crippen LogP contribution in [-0.4, -0.2) is 54.8 Å². The molecule has 0 radical (unpaired) electrons. The SMILES string of the molecule is CC1CCNC(c2nc(N3CCN(C)CC3)no2)C1. The molecule has 2 aliphatic heterocycles. The van der Waals surface area contributed by atoms with Gasteiger partial charge in [0.05, 0.1) is 6.04 Å². The minimum absolute atomic E-state index is 0.234. The predicted molar refractivity (Wildman–Crippen MR) is 73.1 cm³/mol. The highest BCUT2D eigenvalue weighted by atomic mass is 16.5. The van der Waals surface area contributed by atoms with Crippen LogP contribution in [-0.2, 0) is 0 Å². The van der Waals surface area contributed by atoms with Gasteiger partial charge in [0.15, 0.2) is 0 Å². The van der Waals surface area contributed by atoms with E-state index in [1.165, 1.54) is 6.42 Å². The zero-order valence-electron chi connectivity index (χ0n) is 11.8. The molecule has 2 saturated heterocycles. The van der Waals surface area contributed by atoms with Crippen LogP contribution in [0, 0.1) is 5.92 Å². The third kappa shape index (κ3) is 2.90. The Morgan fingerprint density at radius 2 is 2.05 bits per heavy atom. The molecule has 106 valence electrons. The van der Waals surface area contributed by atoms with Crippen molar-refractivity contribution in [3.8, 4) is 0 Å². The van der Waals surface area contributed by atoms with Crippen molar-refractivity contribution in [3.05, 3.63) is 5.89 Å². The summed E-state index contributed by atoms with van der Waals surface area (Å²) in [5.74, 6) is 2.23. The Bertz CT molecular complexity index is 413. The van der Waals surface area contributed by atoms with Crippen LogP contribution in [0.5, 0.6) is 0 Å². The number of piperidine rings is 1. The topological polar surface area (TPSA) is 57.4 Å². The number of hydrogen-bond donors (Lipinski definition) is 1. The van der Waals surface area contributed by atoms with Crippen LogP contribution in [0.25, 0.3) is 0 Å². The lowest BCUT2D eigenvalue weighted by atomic mass is 9.94. The molecular formula is C13H23N5O. The molecule has 6 heteroatoms. The van der Waals surface area contributed by atoms with Crippen molar-refractivity contribution < 1.29 is 4.52 Å². The van der Waals surface area contributed by atoms with Gasteiger partial charge in [0, 0.05) is 26.2 Å². The van der Waals surface area contributed by atoms with Crippen LogP contribution >= 0.6 is 0 Å². The third-order valence-electron chi connectivity index (χ3n) is 4.18. The molecule has 6 nitrogen and oxygen atoms in total. The minimum Gasteiger partial charge on any atom is -0.336 e. The molecule has 0 aromatic carbocycles. The molecule has 19 heavy (non-hydrogen) atoms. The lowest BCUT2D eigenvalue weighted by Crippen LogP contribution is -2.45. The maximum absolute atomic E-state index is 5.45. The van der Waals surface area contributed by atoms with Crippen LogP contribution < -0.4 is 10.2 Å². The maximum Gasteiger partial charge on any atom is 0.266 e. The highest BCUT2D eigenvalue weighted by molar-refractivity contribution is 5.29. The normalized spacial score (nSPS) is 29.7. The first-order valence-electron chi connectivity index (χ1n) is 7.23. The number of likely N-dealkylation sites (N-methyl/N-ethyl adjacent to an activating group) is 1. The summed E-state index contributed by atoms with van der Waals surface area (Å²) < 4.78 is 5.45. The van der Waals surface area contributed by atoms with Crippen LogP contribution in [0.15, 0.2) is 4.52 Å². The summed E-state index contributed by atoms with van der Waals surface area (Å²) in [5, 5.41) is 7.61. The quantitative estimate of drug-likeness (QED) is 0.857. The predicted octanol–water partition coefficient (Wildman–Crippen LogP) is 0.882. The molecule has 1 aromatic rings. The summed E-state index contributed by atoms with van der Waals surface area (Å²) in [4.78, 5) is 9.11. The second-order valence-corrected chi connectivity index (χ2v) is 5.86. The fourth-order valence-corrected chi connectivity index (χ4v) is 2.80. The third-order valence-corrected chi connectivity index (χ3v) is 4.18. The van der Waals surface area contributed by atoms with Crippen molar-refractivity contribution >= 4 is 5.95 Å². The monoisotopic (exact) mass is 265 g/mol. The van der Waals surface area contributed by atoms with E-state index in [1.807, 2.05) is 0 Å². The fraction of sp³-hybridized carbons (Fsp3) is 0.846. The number of piperazine rings is 1. The Kier molecular flexibility index (Phi) is 3.70. The Labute approximate surface area is 114 Å². The van der Waals surface area contributed by atoms with Gasteiger partial charge in [-0.3, -0.25) is 0 Å². The summed E-state index contributed by atoms with van der Waals surface area (Å²) in [7, 11) is 2.15. The van der Waals surface area contributed by atoms with Gasteiger partial charge in [-0.1, -0.05) is 6.92 Å². The van der Waals surface area contributed by atoms with Gasteiger partial charge in [0.2, 0.25) is 5.89 Å². The summed E-state index contributed by atoms with van der Waals surface area (Å²) in [6, 6.07) is 0.234. The molecule has 0 aliphatic carbocycles. The summed E-state index contributed by atoms with van der Waals surface area (Å²) >= 11 is 0. The zero-order chi connectivity index (χ0) is 13.2. The van der Waals surface area contributed by atoms with Crippen molar-refractivity contribution in [2.45, 2.75) is 25.8 Å². The minimum atomic E-state index is 0.234. The summed E-state index contributed by atoms with van der Waals surface area (Å²) in [6.45, 7) is 7.39. The van der Waals surface area contributed by atoms with Gasteiger partial charge in [-0.25, -0.2) is 0 Å². The average molecular weight is 265 g/mol. The van der Waals surface area contributed by atoms with Crippen molar-refractivity contribution in [2.75, 3.05) is 44.7 Å². The number of hydrogen-bond acceptors (Lipinski definition) is 6. The van der Waals surface area contributed by atoms with Crippen molar-refractivity contribution in [2.24, 2.45) is 5.92 Å². The van der Waals surface area contributed by atoms with Gasteiger partial charge in [-0.2, -0.15) is 4.98 Å². The second kappa shape index (κ2) is 5.46. The fourth-order valence-electron chi connectivity index (χ4n) is 2.80. The summed E-state index contributed by atoms with van der Waals surface area (Å²) in [6.07, 6.45) is 2.32. The Morgan fingerprint density at radius 3 is 2.79 bits per heavy atom. The molecule has 3 rings (SSSR count). The van der Waals surface area contributed by atoms with Crippen molar-refractivity contribution in [1.82, 2.24) is 20.4 Å². The van der Waals surface area contributed by atoms with E-state index in [0.29, 0.717) is 0 Å². The molecule has 2 aliphatic rings. The lowest BCUT2D eigenvalue weighted by molar-refractivity contribution is 0.259. The Balaban J connectivity index is 1.65. The highest BCUT2D eigenvalue weighted by Crippen LogP contribution is 2.26. The van der Waals surface area contributed by atoms with Gasteiger partial charge >= 0.3 is 0 Å². The molecule has 1 aromatic heterocycles. The first-order chi connectivity index (χ1) is 9.22. The second-order valence-electron chi connectivity index (χ2n) is 5.86. The standard InChI is InChI=1S/C13H23N5O/c1-10-3-4-14-11(9-10)12-15-13(16-19-12)18-7-5-17(2)6-8-18/h10-11,14H,3-9H2,1-2H3. The van der Waals surface area contributed by atoms with Gasteiger partial charge in [0.1, 0.15) is 0 Å².